The van der Waals surface area contributed by atoms with Crippen molar-refractivity contribution < 1.29 is 62.6 Å². The molecule has 0 aliphatic carbocycles. The highest BCUT2D eigenvalue weighted by molar-refractivity contribution is 5.95. The van der Waals surface area contributed by atoms with Gasteiger partial charge in [-0.2, -0.15) is 5.26 Å². The molecule has 0 bridgehead atoms. The van der Waals surface area contributed by atoms with Crippen LogP contribution in [-0.2, 0) is 47.9 Å². The zero-order valence-electron chi connectivity index (χ0n) is 80.0. The van der Waals surface area contributed by atoms with Gasteiger partial charge in [0, 0.05) is 111 Å². The fraction of sp³-hybridized carbons (Fsp3) is 0.871. The van der Waals surface area contributed by atoms with Crippen molar-refractivity contribution >= 4 is 70.8 Å². The van der Waals surface area contributed by atoms with Gasteiger partial charge in [0.15, 0.2) is 0 Å². The average molecular weight is 1730 g/mol. The van der Waals surface area contributed by atoms with Crippen molar-refractivity contribution in [3.8, 4) is 6.26 Å². The van der Waals surface area contributed by atoms with E-state index in [2.05, 4.69) is 36.0 Å². The Balaban J connectivity index is -0.00000260. The second kappa shape index (κ2) is 99.4. The molecular weight excluding hydrogens is 1550 g/mol. The number of amides is 8. The number of carbonyl (C=O) groups excluding carboxylic acids is 11. The third-order valence-corrected chi connectivity index (χ3v) is 23.0. The van der Waals surface area contributed by atoms with Gasteiger partial charge in [-0.05, 0) is 135 Å². The number of rotatable bonds is 90. The van der Waals surface area contributed by atoms with Crippen molar-refractivity contribution in [2.45, 2.75) is 510 Å². The smallest absolute Gasteiger partial charge is 0.324 e. The Morgan fingerprint density at radius 3 is 0.902 bits per heavy atom. The van der Waals surface area contributed by atoms with Gasteiger partial charge in [-0.1, -0.05) is 316 Å². The van der Waals surface area contributed by atoms with Crippen LogP contribution in [0.5, 0.6) is 0 Å². The average Bonchev–Trinajstić information content (AvgIpc) is 0.905. The summed E-state index contributed by atoms with van der Waals surface area (Å²) < 4.78 is 4.48. The summed E-state index contributed by atoms with van der Waals surface area (Å²) in [5, 5.41) is 31.5. The van der Waals surface area contributed by atoms with E-state index in [1.807, 2.05) is 13.8 Å². The summed E-state index contributed by atoms with van der Waals surface area (Å²) in [6.45, 7) is 13.1. The molecule has 0 rings (SSSR count). The predicted octanol–water partition coefficient (Wildman–Crippen LogP) is 24.7. The minimum absolute atomic E-state index is 0.0273. The minimum atomic E-state index is -0.301. The molecule has 0 unspecified atom stereocenters. The number of carbonyl (C=O) groups is 10. The van der Waals surface area contributed by atoms with E-state index < -0.39 is 0 Å². The molecule has 8 amide bonds. The van der Waals surface area contributed by atoms with Crippen LogP contribution in [0.25, 0.3) is 0 Å². The molecule has 0 aromatic heterocycles. The van der Waals surface area contributed by atoms with Crippen molar-refractivity contribution in [3.63, 3.8) is 0 Å². The number of Topliss-reactive ketones (excluding diaryl/α,β-unsaturated/α-hetero) is 4. The van der Waals surface area contributed by atoms with E-state index in [-0.39, 0.29) is 47.4 Å². The molecule has 0 aromatic carbocycles. The van der Waals surface area contributed by atoms with E-state index in [1.54, 1.807) is 34.1 Å². The SMILES string of the molecule is CCC(=O)CCCCCCCCCCCN(C(=O)CCCCCCCCCCCCC(C)=O)C(=O)NCCCCCCNC(=O)N(CCCCCCCCCCCC(=O)NC)C(=O)CCCCCCCCCCCNC(C)=O.CCC(=O)CCCCCCCCCCCN=C([O-])CCCCCCCCCCCCC(C)=O.N#COCCCCCCN=C=O. The zero-order chi connectivity index (χ0) is 90.9. The second-order valence-corrected chi connectivity index (χ2v) is 34.7. The zero-order valence-corrected chi connectivity index (χ0v) is 80.0. The first-order valence-corrected chi connectivity index (χ1v) is 50.8. The Morgan fingerprint density at radius 1 is 0.325 bits per heavy atom. The van der Waals surface area contributed by atoms with Crippen molar-refractivity contribution in [1.29, 1.82) is 5.26 Å². The summed E-state index contributed by atoms with van der Waals surface area (Å²) in [5.41, 5.74) is 0. The van der Waals surface area contributed by atoms with Crippen LogP contribution in [0.1, 0.15) is 510 Å². The second-order valence-electron chi connectivity index (χ2n) is 34.7. The number of ketones is 4. The summed E-state index contributed by atoms with van der Waals surface area (Å²) >= 11 is 0. The number of urea groups is 2. The molecule has 0 heterocycles. The number of nitriles is 1. The first-order valence-electron chi connectivity index (χ1n) is 50.8. The van der Waals surface area contributed by atoms with Gasteiger partial charge in [0.25, 0.3) is 6.26 Å². The first-order chi connectivity index (χ1) is 59.9. The Bertz CT molecular complexity index is 2540. The highest BCUT2D eigenvalue weighted by Gasteiger charge is 2.22. The molecule has 22 heteroatoms. The molecular formula is C101H186N9O13-. The number of hydrogen-bond donors (Lipinski definition) is 4. The molecule has 0 spiro atoms. The predicted molar refractivity (Wildman–Crippen MR) is 504 cm³/mol. The lowest BCUT2D eigenvalue weighted by Crippen LogP contribution is -2.44. The molecule has 123 heavy (non-hydrogen) atoms. The molecule has 0 saturated carbocycles. The molecule has 0 atom stereocenters. The monoisotopic (exact) mass is 1730 g/mol. The summed E-state index contributed by atoms with van der Waals surface area (Å²) in [7, 11) is 1.68. The van der Waals surface area contributed by atoms with Crippen LogP contribution in [0.4, 0.5) is 9.59 Å². The maximum Gasteiger partial charge on any atom is 0.324 e. The number of nitrogens with one attached hydrogen (secondary N) is 4. The van der Waals surface area contributed by atoms with Crippen LogP contribution in [-0.4, -0.2) is 140 Å². The quantitative estimate of drug-likeness (QED) is 0.0145. The van der Waals surface area contributed by atoms with Gasteiger partial charge in [-0.25, -0.2) is 19.4 Å². The summed E-state index contributed by atoms with van der Waals surface area (Å²) in [6.07, 6.45) is 79.0. The molecule has 22 nitrogen and oxygen atoms in total. The number of imide groups is 2. The standard InChI is InChI=1S/C64H120N6O8.C29H55NO3.C8H12N2O2/c1-5-59(73)48-38-28-20-12-9-17-25-35-45-55-69(61(75)50-40-30-22-14-7-6-11-19-27-37-47-57(2)71)63(77)67-53-43-33-34-44-54-68-64(78)70(56-46-36-26-18-10-13-21-29-39-49-60(74)65-4)62(76)51-41-31-23-15-8-16-24-32-42-52-66-58(3)72;1-3-28(32)24-20-16-12-8-6-10-14-18-22-26-30-29(33)25-21-17-13-9-5-4-7-11-15-19-23-27(2)31;9-7-12-6-4-2-1-3-5-10-8-11/h5-56H2,1-4H3,(H,65,74)(H,66,72)(H,67,77)(H,68,78);3-26H2,1-2H3,(H,30,33);1-6H2/p-1. The minimum Gasteiger partial charge on any atom is -0.862 e. The lowest BCUT2D eigenvalue weighted by molar-refractivity contribution is -0.219. The Morgan fingerprint density at radius 2 is 0.593 bits per heavy atom. The highest BCUT2D eigenvalue weighted by Crippen LogP contribution is 2.20. The van der Waals surface area contributed by atoms with Gasteiger partial charge in [0.1, 0.15) is 29.7 Å². The fourth-order valence-corrected chi connectivity index (χ4v) is 15.0. The highest BCUT2D eigenvalue weighted by atomic mass is 16.5. The number of unbranched alkanes of at least 4 members (excludes halogenated alkanes) is 56. The molecule has 0 aliphatic rings. The van der Waals surface area contributed by atoms with Crippen LogP contribution >= 0.6 is 0 Å². The van der Waals surface area contributed by atoms with Crippen LogP contribution < -0.4 is 26.4 Å². The molecule has 4 N–H and O–H groups in total. The third-order valence-electron chi connectivity index (χ3n) is 23.0. The summed E-state index contributed by atoms with van der Waals surface area (Å²) in [6, 6.07) is -0.597. The van der Waals surface area contributed by atoms with Crippen LogP contribution in [0.2, 0.25) is 0 Å². The number of hydrogen-bond acceptors (Lipinski definition) is 16. The summed E-state index contributed by atoms with van der Waals surface area (Å²) in [5.74, 6) is 1.40. The van der Waals surface area contributed by atoms with E-state index in [4.69, 9.17) is 5.26 Å². The number of isocyanates is 1. The van der Waals surface area contributed by atoms with Crippen LogP contribution in [0, 0.1) is 11.5 Å². The topological polar surface area (TPSA) is 323 Å². The summed E-state index contributed by atoms with van der Waals surface area (Å²) in [4.78, 5) is 141. The van der Waals surface area contributed by atoms with E-state index >= 15 is 0 Å². The fourth-order valence-electron chi connectivity index (χ4n) is 15.0. The lowest BCUT2D eigenvalue weighted by atomic mass is 10.0. The molecule has 0 fully saturated rings. The van der Waals surface area contributed by atoms with E-state index in [9.17, 15) is 57.8 Å². The molecule has 0 aromatic rings. The molecule has 714 valence electrons. The molecule has 0 saturated heterocycles. The van der Waals surface area contributed by atoms with Crippen LogP contribution in [0.3, 0.4) is 0 Å². The Hall–Kier alpha value is -6.36. The maximum absolute atomic E-state index is 13.5. The Labute approximate surface area is 751 Å². The molecule has 0 aliphatic heterocycles. The van der Waals surface area contributed by atoms with E-state index in [0.717, 1.165) is 276 Å². The van der Waals surface area contributed by atoms with Crippen molar-refractivity contribution in [1.82, 2.24) is 31.1 Å². The van der Waals surface area contributed by atoms with Crippen LogP contribution in [0.15, 0.2) is 9.98 Å². The van der Waals surface area contributed by atoms with Crippen molar-refractivity contribution in [2.24, 2.45) is 9.98 Å². The van der Waals surface area contributed by atoms with Gasteiger partial charge >= 0.3 is 12.1 Å². The number of aliphatic imine (C=N–C) groups is 2. The van der Waals surface area contributed by atoms with Gasteiger partial charge in [0.05, 0.1) is 6.54 Å². The number of ether oxygens (including phenoxy) is 1. The van der Waals surface area contributed by atoms with Gasteiger partial charge < -0.3 is 45.7 Å². The normalized spacial score (nSPS) is 11.0. The van der Waals surface area contributed by atoms with Crippen molar-refractivity contribution in [3.05, 3.63) is 0 Å². The first kappa shape index (κ1) is 121. The largest absolute Gasteiger partial charge is 0.862 e. The van der Waals surface area contributed by atoms with Gasteiger partial charge in [-0.3, -0.25) is 38.6 Å². The maximum atomic E-state index is 13.5. The lowest BCUT2D eigenvalue weighted by Gasteiger charge is -2.22. The number of nitrogens with zero attached hydrogens (tertiary/aromatic N) is 5. The van der Waals surface area contributed by atoms with Gasteiger partial charge in [-0.15, -0.1) is 0 Å². The van der Waals surface area contributed by atoms with Gasteiger partial charge in [0.2, 0.25) is 29.7 Å². The molecule has 0 radical (unpaired) electrons. The van der Waals surface area contributed by atoms with E-state index in [0.29, 0.717) is 115 Å². The third kappa shape index (κ3) is 97.7. The van der Waals surface area contributed by atoms with E-state index in [1.165, 1.54) is 170 Å². The van der Waals surface area contributed by atoms with Crippen molar-refractivity contribution in [2.75, 3.05) is 59.5 Å². The Kier molecular flexibility index (Phi) is 97.6.